The monoisotopic (exact) mass is 387 g/mol. The van der Waals surface area contributed by atoms with Gasteiger partial charge in [-0.25, -0.2) is 13.6 Å². The Hall–Kier alpha value is -2.47. The van der Waals surface area contributed by atoms with E-state index in [4.69, 9.17) is 0 Å². The van der Waals surface area contributed by atoms with Gasteiger partial charge in [-0.05, 0) is 43.1 Å². The van der Waals surface area contributed by atoms with Crippen molar-refractivity contribution in [2.75, 3.05) is 20.1 Å². The Labute approximate surface area is 165 Å². The van der Waals surface area contributed by atoms with Crippen LogP contribution in [0.25, 0.3) is 0 Å². The van der Waals surface area contributed by atoms with Crippen LogP contribution in [0.1, 0.15) is 36.0 Å². The van der Waals surface area contributed by atoms with E-state index in [0.29, 0.717) is 6.54 Å². The van der Waals surface area contributed by atoms with Crippen LogP contribution in [-0.4, -0.2) is 36.0 Å². The van der Waals surface area contributed by atoms with Gasteiger partial charge in [0.05, 0.1) is 0 Å². The van der Waals surface area contributed by atoms with Crippen molar-refractivity contribution in [1.29, 1.82) is 0 Å². The van der Waals surface area contributed by atoms with Crippen LogP contribution in [0.3, 0.4) is 0 Å². The Morgan fingerprint density at radius 3 is 2.46 bits per heavy atom. The number of amides is 2. The summed E-state index contributed by atoms with van der Waals surface area (Å²) in [6, 6.07) is 11.2. The second-order valence-corrected chi connectivity index (χ2v) is 7.36. The van der Waals surface area contributed by atoms with Crippen molar-refractivity contribution >= 4 is 6.03 Å². The number of benzene rings is 2. The maximum absolute atomic E-state index is 13.8. The molecule has 0 atom stereocenters. The summed E-state index contributed by atoms with van der Waals surface area (Å²) in [5, 5.41) is 2.90. The molecule has 0 saturated carbocycles. The minimum atomic E-state index is -0.647. The number of nitrogens with zero attached hydrogens (tertiary/aromatic N) is 2. The maximum Gasteiger partial charge on any atom is 0.317 e. The van der Waals surface area contributed by atoms with Crippen LogP contribution in [0.4, 0.5) is 13.6 Å². The Kier molecular flexibility index (Phi) is 6.98. The van der Waals surface area contributed by atoms with E-state index in [9.17, 15) is 13.6 Å². The molecule has 0 aliphatic carbocycles. The minimum Gasteiger partial charge on any atom is -0.334 e. The normalized spacial score (nSPS) is 14.7. The van der Waals surface area contributed by atoms with E-state index in [1.165, 1.54) is 41.9 Å². The third-order valence-electron chi connectivity index (χ3n) is 5.16. The van der Waals surface area contributed by atoms with Gasteiger partial charge in [0.15, 0.2) is 0 Å². The summed E-state index contributed by atoms with van der Waals surface area (Å²) in [6.07, 6.45) is 3.78. The highest BCUT2D eigenvalue weighted by atomic mass is 19.1. The van der Waals surface area contributed by atoms with Crippen molar-refractivity contribution in [2.45, 2.75) is 38.9 Å². The van der Waals surface area contributed by atoms with Crippen LogP contribution in [-0.2, 0) is 19.6 Å². The average molecular weight is 387 g/mol. The van der Waals surface area contributed by atoms with Crippen LogP contribution in [0.5, 0.6) is 0 Å². The summed E-state index contributed by atoms with van der Waals surface area (Å²) in [5.41, 5.74) is 2.59. The Morgan fingerprint density at radius 2 is 1.75 bits per heavy atom. The summed E-state index contributed by atoms with van der Waals surface area (Å²) >= 11 is 0. The lowest BCUT2D eigenvalue weighted by Crippen LogP contribution is -2.37. The number of carbonyl (C=O) groups is 1. The summed E-state index contributed by atoms with van der Waals surface area (Å²) < 4.78 is 26.8. The largest absolute Gasteiger partial charge is 0.334 e. The molecule has 1 N–H and O–H groups in total. The van der Waals surface area contributed by atoms with Gasteiger partial charge in [0.1, 0.15) is 11.6 Å². The second-order valence-electron chi connectivity index (χ2n) is 7.36. The quantitative estimate of drug-likeness (QED) is 0.803. The molecular weight excluding hydrogens is 360 g/mol. The number of rotatable bonds is 6. The van der Waals surface area contributed by atoms with Crippen molar-refractivity contribution < 1.29 is 13.6 Å². The molecule has 2 aromatic rings. The number of likely N-dealkylation sites (tertiary alicyclic amines) is 1. The maximum atomic E-state index is 13.8. The molecule has 0 unspecified atom stereocenters. The van der Waals surface area contributed by atoms with Gasteiger partial charge in [0, 0.05) is 38.3 Å². The predicted octanol–water partition coefficient (Wildman–Crippen LogP) is 4.29. The highest BCUT2D eigenvalue weighted by Gasteiger charge is 2.15. The van der Waals surface area contributed by atoms with E-state index in [0.717, 1.165) is 31.3 Å². The average Bonchev–Trinajstić information content (AvgIpc) is 2.70. The van der Waals surface area contributed by atoms with Gasteiger partial charge >= 0.3 is 6.03 Å². The molecule has 0 aromatic heterocycles. The first-order valence-electron chi connectivity index (χ1n) is 9.75. The summed E-state index contributed by atoms with van der Waals surface area (Å²) in [6.45, 7) is 3.62. The van der Waals surface area contributed by atoms with Gasteiger partial charge in [0.25, 0.3) is 0 Å². The van der Waals surface area contributed by atoms with Crippen molar-refractivity contribution in [2.24, 2.45) is 0 Å². The molecule has 3 rings (SSSR count). The highest BCUT2D eigenvalue weighted by Crippen LogP contribution is 2.16. The van der Waals surface area contributed by atoms with Crippen molar-refractivity contribution in [3.05, 3.63) is 70.8 Å². The van der Waals surface area contributed by atoms with Crippen LogP contribution in [0, 0.1) is 11.6 Å². The molecule has 2 amide bonds. The summed E-state index contributed by atoms with van der Waals surface area (Å²) in [4.78, 5) is 16.3. The van der Waals surface area contributed by atoms with Gasteiger partial charge in [-0.3, -0.25) is 4.90 Å². The van der Waals surface area contributed by atoms with E-state index in [1.54, 1.807) is 7.05 Å². The third kappa shape index (κ3) is 5.52. The molecule has 1 heterocycles. The smallest absolute Gasteiger partial charge is 0.317 e. The topological polar surface area (TPSA) is 35.6 Å². The molecule has 150 valence electrons. The number of hydrogen-bond donors (Lipinski definition) is 1. The fourth-order valence-corrected chi connectivity index (χ4v) is 3.53. The molecule has 6 heteroatoms. The molecule has 0 spiro atoms. The van der Waals surface area contributed by atoms with Gasteiger partial charge < -0.3 is 10.2 Å². The molecule has 1 saturated heterocycles. The molecule has 28 heavy (non-hydrogen) atoms. The molecule has 2 aromatic carbocycles. The molecular formula is C22H27F2N3O. The number of carbonyl (C=O) groups excluding carboxylic acids is 1. The zero-order valence-corrected chi connectivity index (χ0v) is 16.3. The van der Waals surface area contributed by atoms with E-state index < -0.39 is 11.6 Å². The number of urea groups is 1. The first kappa shape index (κ1) is 20.3. The van der Waals surface area contributed by atoms with Crippen molar-refractivity contribution in [3.8, 4) is 0 Å². The third-order valence-corrected chi connectivity index (χ3v) is 5.16. The lowest BCUT2D eigenvalue weighted by molar-refractivity contribution is 0.205. The number of hydrogen-bond acceptors (Lipinski definition) is 2. The molecule has 1 aliphatic rings. The SMILES string of the molecule is CN(Cc1ccc(F)cc1F)C(=O)NCc1ccccc1CN1CCCCC1. The van der Waals surface area contributed by atoms with Gasteiger partial charge in [-0.15, -0.1) is 0 Å². The number of halogens is 2. The Balaban J connectivity index is 1.56. The standard InChI is InChI=1S/C22H27F2N3O/c1-26(15-19-9-10-20(23)13-21(19)24)22(28)25-14-17-7-3-4-8-18(17)16-27-11-5-2-6-12-27/h3-4,7-10,13H,2,5-6,11-12,14-16H2,1H3,(H,25,28). The molecule has 1 fully saturated rings. The van der Waals surface area contributed by atoms with Crippen LogP contribution >= 0.6 is 0 Å². The molecule has 0 bridgehead atoms. The number of nitrogens with one attached hydrogen (secondary N) is 1. The van der Waals surface area contributed by atoms with Crippen LogP contribution in [0.2, 0.25) is 0 Å². The van der Waals surface area contributed by atoms with Crippen molar-refractivity contribution in [1.82, 2.24) is 15.1 Å². The van der Waals surface area contributed by atoms with E-state index in [-0.39, 0.29) is 18.1 Å². The molecule has 1 aliphatic heterocycles. The van der Waals surface area contributed by atoms with Gasteiger partial charge in [-0.1, -0.05) is 36.8 Å². The van der Waals surface area contributed by atoms with Gasteiger partial charge in [0.2, 0.25) is 0 Å². The summed E-state index contributed by atoms with van der Waals surface area (Å²) in [7, 11) is 1.60. The molecule has 4 nitrogen and oxygen atoms in total. The zero-order valence-electron chi connectivity index (χ0n) is 16.3. The lowest BCUT2D eigenvalue weighted by atomic mass is 10.0. The van der Waals surface area contributed by atoms with E-state index >= 15 is 0 Å². The Bertz CT molecular complexity index is 806. The van der Waals surface area contributed by atoms with Gasteiger partial charge in [-0.2, -0.15) is 0 Å². The Morgan fingerprint density at radius 1 is 1.04 bits per heavy atom. The van der Waals surface area contributed by atoms with Crippen LogP contribution in [0.15, 0.2) is 42.5 Å². The van der Waals surface area contributed by atoms with E-state index in [1.807, 2.05) is 18.2 Å². The van der Waals surface area contributed by atoms with E-state index in [2.05, 4.69) is 16.3 Å². The predicted molar refractivity (Wildman–Crippen MR) is 106 cm³/mol. The second kappa shape index (κ2) is 9.64. The highest BCUT2D eigenvalue weighted by molar-refractivity contribution is 5.73. The van der Waals surface area contributed by atoms with Crippen molar-refractivity contribution in [3.63, 3.8) is 0 Å². The minimum absolute atomic E-state index is 0.0768. The first-order valence-corrected chi connectivity index (χ1v) is 9.75. The van der Waals surface area contributed by atoms with Crippen LogP contribution < -0.4 is 5.32 Å². The first-order chi connectivity index (χ1) is 13.5. The zero-order chi connectivity index (χ0) is 19.9. The lowest BCUT2D eigenvalue weighted by Gasteiger charge is -2.27. The fourth-order valence-electron chi connectivity index (χ4n) is 3.53. The fraction of sp³-hybridized carbons (Fsp3) is 0.409. The number of piperidine rings is 1. The molecule has 0 radical (unpaired) electrons. The summed E-state index contributed by atoms with van der Waals surface area (Å²) in [5.74, 6) is -1.27.